The van der Waals surface area contributed by atoms with Gasteiger partial charge in [-0.2, -0.15) is 5.10 Å². The lowest BCUT2D eigenvalue weighted by Gasteiger charge is -2.34. The number of rotatable bonds is 2. The summed E-state index contributed by atoms with van der Waals surface area (Å²) in [6.45, 7) is 2.14. The SMILES string of the molecule is N/C=C(/c1cc2ccccc2o1)N1CC=CC(N2CCC[C@@H](O)C2)=N1. The van der Waals surface area contributed by atoms with Crippen molar-refractivity contribution in [3.05, 3.63) is 54.4 Å². The van der Waals surface area contributed by atoms with E-state index in [1.54, 1.807) is 0 Å². The summed E-state index contributed by atoms with van der Waals surface area (Å²) in [6, 6.07) is 9.85. The standard InChI is InChI=1S/C19H22N4O2/c20-12-16(18-11-14-5-1-2-7-17(14)25-18)23-10-4-8-19(21-23)22-9-3-6-15(24)13-22/h1-2,4-5,7-8,11-12,15,24H,3,6,9-10,13,20H2/b16-12-/t15-/m1/s1. The van der Waals surface area contributed by atoms with Gasteiger partial charge in [-0.05, 0) is 31.1 Å². The van der Waals surface area contributed by atoms with Crippen molar-refractivity contribution in [1.29, 1.82) is 0 Å². The van der Waals surface area contributed by atoms with Gasteiger partial charge in [0.05, 0.1) is 12.6 Å². The summed E-state index contributed by atoms with van der Waals surface area (Å²) >= 11 is 0. The van der Waals surface area contributed by atoms with Gasteiger partial charge in [-0.1, -0.05) is 24.3 Å². The highest BCUT2D eigenvalue weighted by Crippen LogP contribution is 2.27. The number of nitrogens with two attached hydrogens (primary N) is 1. The fourth-order valence-corrected chi connectivity index (χ4v) is 3.34. The largest absolute Gasteiger partial charge is 0.454 e. The molecule has 1 saturated heterocycles. The number of amidine groups is 1. The summed E-state index contributed by atoms with van der Waals surface area (Å²) in [5.74, 6) is 1.54. The molecule has 0 spiro atoms. The number of hydrazone groups is 1. The van der Waals surface area contributed by atoms with Gasteiger partial charge in [0, 0.05) is 24.7 Å². The summed E-state index contributed by atoms with van der Waals surface area (Å²) in [5, 5.41) is 17.5. The molecule has 1 atom stereocenters. The number of aliphatic hydroxyl groups is 1. The van der Waals surface area contributed by atoms with Gasteiger partial charge in [-0.25, -0.2) is 0 Å². The van der Waals surface area contributed by atoms with Crippen LogP contribution in [-0.2, 0) is 0 Å². The number of hydrogen-bond donors (Lipinski definition) is 2. The van der Waals surface area contributed by atoms with E-state index in [-0.39, 0.29) is 6.10 Å². The summed E-state index contributed by atoms with van der Waals surface area (Å²) < 4.78 is 5.94. The number of furan rings is 1. The Kier molecular flexibility index (Phi) is 4.19. The molecule has 1 aromatic heterocycles. The van der Waals surface area contributed by atoms with Gasteiger partial charge >= 0.3 is 0 Å². The van der Waals surface area contributed by atoms with E-state index in [0.29, 0.717) is 18.8 Å². The lowest BCUT2D eigenvalue weighted by atomic mass is 10.1. The van der Waals surface area contributed by atoms with Crippen molar-refractivity contribution in [2.24, 2.45) is 10.8 Å². The van der Waals surface area contributed by atoms with Crippen LogP contribution in [0.15, 0.2) is 58.2 Å². The highest BCUT2D eigenvalue weighted by atomic mass is 16.3. The van der Waals surface area contributed by atoms with E-state index in [2.05, 4.69) is 11.0 Å². The molecule has 0 radical (unpaired) electrons. The van der Waals surface area contributed by atoms with Crippen LogP contribution in [-0.4, -0.2) is 46.6 Å². The van der Waals surface area contributed by atoms with Crippen molar-refractivity contribution in [3.8, 4) is 0 Å². The molecule has 6 nitrogen and oxygen atoms in total. The Labute approximate surface area is 146 Å². The number of piperidine rings is 1. The number of likely N-dealkylation sites (tertiary alicyclic amines) is 1. The maximum absolute atomic E-state index is 9.91. The average molecular weight is 338 g/mol. The zero-order chi connectivity index (χ0) is 17.2. The number of β-amino-alcohol motifs (C(OH)–C–C–N with tert-alkyl or cyclic N) is 1. The van der Waals surface area contributed by atoms with Crippen molar-refractivity contribution in [2.45, 2.75) is 18.9 Å². The monoisotopic (exact) mass is 338 g/mol. The maximum atomic E-state index is 9.91. The molecule has 0 saturated carbocycles. The van der Waals surface area contributed by atoms with Crippen LogP contribution >= 0.6 is 0 Å². The first-order valence-electron chi connectivity index (χ1n) is 8.61. The molecule has 4 rings (SSSR count). The summed E-state index contributed by atoms with van der Waals surface area (Å²) in [7, 11) is 0. The highest BCUT2D eigenvalue weighted by Gasteiger charge is 2.23. The van der Waals surface area contributed by atoms with Crippen LogP contribution in [0.1, 0.15) is 18.6 Å². The van der Waals surface area contributed by atoms with Crippen molar-refractivity contribution < 1.29 is 9.52 Å². The van der Waals surface area contributed by atoms with Crippen LogP contribution in [0.4, 0.5) is 0 Å². The Hall–Kier alpha value is -2.73. The normalized spacial score (nSPS) is 21.7. The molecule has 2 aliphatic rings. The molecule has 0 bridgehead atoms. The predicted molar refractivity (Wildman–Crippen MR) is 98.5 cm³/mol. The van der Waals surface area contributed by atoms with E-state index in [4.69, 9.17) is 15.3 Å². The van der Waals surface area contributed by atoms with Gasteiger partial charge in [0.15, 0.2) is 5.76 Å². The van der Waals surface area contributed by atoms with Crippen LogP contribution in [0, 0.1) is 0 Å². The van der Waals surface area contributed by atoms with Crippen molar-refractivity contribution in [1.82, 2.24) is 9.91 Å². The summed E-state index contributed by atoms with van der Waals surface area (Å²) in [4.78, 5) is 2.11. The average Bonchev–Trinajstić information content (AvgIpc) is 3.06. The smallest absolute Gasteiger partial charge is 0.154 e. The fraction of sp³-hybridized carbons (Fsp3) is 0.316. The van der Waals surface area contributed by atoms with Gasteiger partial charge in [0.1, 0.15) is 17.1 Å². The van der Waals surface area contributed by atoms with Crippen LogP contribution in [0.5, 0.6) is 0 Å². The number of aliphatic hydroxyl groups excluding tert-OH is 1. The zero-order valence-corrected chi connectivity index (χ0v) is 14.0. The first kappa shape index (κ1) is 15.8. The molecule has 0 aliphatic carbocycles. The predicted octanol–water partition coefficient (Wildman–Crippen LogP) is 2.33. The molecule has 3 N–H and O–H groups in total. The van der Waals surface area contributed by atoms with E-state index in [1.165, 1.54) is 6.20 Å². The van der Waals surface area contributed by atoms with Crippen molar-refractivity contribution in [3.63, 3.8) is 0 Å². The minimum atomic E-state index is -0.292. The maximum Gasteiger partial charge on any atom is 0.154 e. The van der Waals surface area contributed by atoms with Crippen LogP contribution in [0.2, 0.25) is 0 Å². The van der Waals surface area contributed by atoms with Gasteiger partial charge in [-0.15, -0.1) is 0 Å². The Morgan fingerprint density at radius 2 is 2.24 bits per heavy atom. The second-order valence-electron chi connectivity index (χ2n) is 6.39. The minimum Gasteiger partial charge on any atom is -0.454 e. The number of benzene rings is 1. The molecule has 6 heteroatoms. The van der Waals surface area contributed by atoms with Gasteiger partial charge in [0.2, 0.25) is 0 Å². The minimum absolute atomic E-state index is 0.292. The van der Waals surface area contributed by atoms with Gasteiger partial charge in [-0.3, -0.25) is 5.01 Å². The topological polar surface area (TPSA) is 78.2 Å². The molecule has 130 valence electrons. The number of nitrogens with zero attached hydrogens (tertiary/aromatic N) is 3. The first-order valence-corrected chi connectivity index (χ1v) is 8.61. The third kappa shape index (κ3) is 3.13. The second kappa shape index (κ2) is 6.64. The van der Waals surface area contributed by atoms with E-state index >= 15 is 0 Å². The summed E-state index contributed by atoms with van der Waals surface area (Å²) in [6.07, 6.45) is 7.11. The lowest BCUT2D eigenvalue weighted by molar-refractivity contribution is 0.103. The van der Waals surface area contributed by atoms with E-state index in [1.807, 2.05) is 41.4 Å². The molecule has 1 fully saturated rings. The molecular weight excluding hydrogens is 316 g/mol. The molecule has 2 aliphatic heterocycles. The van der Waals surface area contributed by atoms with Crippen molar-refractivity contribution >= 4 is 22.5 Å². The fourth-order valence-electron chi connectivity index (χ4n) is 3.34. The molecule has 25 heavy (non-hydrogen) atoms. The Bertz CT molecular complexity index is 819. The van der Waals surface area contributed by atoms with Gasteiger partial charge < -0.3 is 20.2 Å². The van der Waals surface area contributed by atoms with Crippen LogP contribution in [0.25, 0.3) is 16.7 Å². The molecule has 3 heterocycles. The Morgan fingerprint density at radius 3 is 3.04 bits per heavy atom. The number of fused-ring (bicyclic) bond motifs is 1. The third-order valence-corrected chi connectivity index (χ3v) is 4.60. The molecule has 0 amide bonds. The zero-order valence-electron chi connectivity index (χ0n) is 14.0. The van der Waals surface area contributed by atoms with Crippen LogP contribution in [0.3, 0.4) is 0 Å². The van der Waals surface area contributed by atoms with Gasteiger partial charge in [0.25, 0.3) is 0 Å². The Morgan fingerprint density at radius 1 is 1.36 bits per heavy atom. The molecule has 2 aromatic rings. The van der Waals surface area contributed by atoms with E-state index < -0.39 is 0 Å². The van der Waals surface area contributed by atoms with Crippen molar-refractivity contribution in [2.75, 3.05) is 19.6 Å². The summed E-state index contributed by atoms with van der Waals surface area (Å²) in [5.41, 5.74) is 7.45. The van der Waals surface area contributed by atoms with Crippen LogP contribution < -0.4 is 5.73 Å². The molecule has 1 aromatic carbocycles. The molecule has 0 unspecified atom stereocenters. The van der Waals surface area contributed by atoms with E-state index in [9.17, 15) is 5.11 Å². The Balaban J connectivity index is 1.61. The number of hydrogen-bond acceptors (Lipinski definition) is 6. The molecular formula is C19H22N4O2. The third-order valence-electron chi connectivity index (χ3n) is 4.60. The number of para-hydroxylation sites is 1. The lowest BCUT2D eigenvalue weighted by Crippen LogP contribution is -2.43. The highest BCUT2D eigenvalue weighted by molar-refractivity contribution is 5.94. The quantitative estimate of drug-likeness (QED) is 0.879. The first-order chi connectivity index (χ1) is 12.2. The second-order valence-corrected chi connectivity index (χ2v) is 6.39. The van der Waals surface area contributed by atoms with E-state index in [0.717, 1.165) is 41.9 Å².